The fourth-order valence-electron chi connectivity index (χ4n) is 2.51. The molecule has 8 heteroatoms. The fraction of sp³-hybridized carbons (Fsp3) is 0.368. The topological polar surface area (TPSA) is 74.2 Å². The van der Waals surface area contributed by atoms with Gasteiger partial charge in [-0.2, -0.15) is 8.78 Å². The van der Waals surface area contributed by atoms with Gasteiger partial charge in [-0.1, -0.05) is 37.3 Å². The summed E-state index contributed by atoms with van der Waals surface area (Å²) in [7, 11) is 0. The van der Waals surface area contributed by atoms with E-state index in [1.165, 1.54) is 0 Å². The van der Waals surface area contributed by atoms with Crippen LogP contribution >= 0.6 is 0 Å². The van der Waals surface area contributed by atoms with Crippen molar-refractivity contribution in [1.82, 2.24) is 15.6 Å². The van der Waals surface area contributed by atoms with E-state index >= 15 is 0 Å². The van der Waals surface area contributed by atoms with E-state index in [9.17, 15) is 23.1 Å². The lowest BCUT2D eigenvalue weighted by molar-refractivity contribution is -0.133. The number of amides is 1. The number of halogens is 3. The molecule has 0 fully saturated rings. The van der Waals surface area contributed by atoms with Gasteiger partial charge in [0, 0.05) is 18.3 Å². The summed E-state index contributed by atoms with van der Waals surface area (Å²) in [4.78, 5) is 15.4. The zero-order chi connectivity index (χ0) is 19.8. The Balaban J connectivity index is 2.08. The van der Waals surface area contributed by atoms with E-state index in [0.717, 1.165) is 23.4 Å². The number of hydrogen-bond donors (Lipinski definition) is 3. The summed E-state index contributed by atoms with van der Waals surface area (Å²) < 4.78 is 37.7. The molecule has 1 aromatic carbocycles. The van der Waals surface area contributed by atoms with Gasteiger partial charge in [-0.05, 0) is 23.7 Å². The minimum absolute atomic E-state index is 0.313. The lowest BCUT2D eigenvalue weighted by Crippen LogP contribution is -2.43. The van der Waals surface area contributed by atoms with Crippen molar-refractivity contribution in [3.8, 4) is 11.1 Å². The van der Waals surface area contributed by atoms with Gasteiger partial charge < -0.3 is 15.7 Å². The highest BCUT2D eigenvalue weighted by atomic mass is 19.3. The van der Waals surface area contributed by atoms with Crippen molar-refractivity contribution in [2.24, 2.45) is 0 Å². The molecule has 2 rings (SSSR count). The van der Waals surface area contributed by atoms with E-state index in [1.54, 1.807) is 35.8 Å². The van der Waals surface area contributed by atoms with Gasteiger partial charge in [-0.25, -0.2) is 4.39 Å². The first-order valence-corrected chi connectivity index (χ1v) is 8.54. The minimum atomic E-state index is -3.27. The van der Waals surface area contributed by atoms with Crippen LogP contribution in [-0.2, 0) is 11.3 Å². The zero-order valence-electron chi connectivity index (χ0n) is 14.8. The third-order valence-corrected chi connectivity index (χ3v) is 4.04. The smallest absolute Gasteiger partial charge is 0.315 e. The van der Waals surface area contributed by atoms with Crippen LogP contribution < -0.4 is 10.6 Å². The van der Waals surface area contributed by atoms with Crippen molar-refractivity contribution in [2.75, 3.05) is 13.2 Å². The Morgan fingerprint density at radius 1 is 1.15 bits per heavy atom. The Morgan fingerprint density at radius 3 is 2.33 bits per heavy atom. The third kappa shape index (κ3) is 5.77. The maximum absolute atomic E-state index is 13.1. The number of nitrogens with zero attached hydrogens (tertiary/aromatic N) is 1. The van der Waals surface area contributed by atoms with Gasteiger partial charge in [-0.3, -0.25) is 9.78 Å². The summed E-state index contributed by atoms with van der Waals surface area (Å²) >= 11 is 0. The van der Waals surface area contributed by atoms with Gasteiger partial charge in [-0.15, -0.1) is 0 Å². The molecule has 0 bridgehead atoms. The van der Waals surface area contributed by atoms with Gasteiger partial charge in [0.25, 0.3) is 5.91 Å². The molecule has 27 heavy (non-hydrogen) atoms. The molecule has 0 radical (unpaired) electrons. The molecular weight excluding hydrogens is 359 g/mol. The number of carbonyl (C=O) groups is 1. The van der Waals surface area contributed by atoms with Gasteiger partial charge in [0.1, 0.15) is 12.8 Å². The van der Waals surface area contributed by atoms with E-state index in [2.05, 4.69) is 10.3 Å². The molecule has 0 aliphatic heterocycles. The van der Waals surface area contributed by atoms with Crippen molar-refractivity contribution in [2.45, 2.75) is 32.0 Å². The fourth-order valence-corrected chi connectivity index (χ4v) is 2.51. The second-order valence-corrected chi connectivity index (χ2v) is 5.96. The molecule has 1 amide bonds. The van der Waals surface area contributed by atoms with E-state index in [0.29, 0.717) is 12.1 Å². The molecule has 0 spiro atoms. The van der Waals surface area contributed by atoms with Crippen LogP contribution in [0.25, 0.3) is 11.1 Å². The van der Waals surface area contributed by atoms with Gasteiger partial charge in [0.05, 0.1) is 11.7 Å². The minimum Gasteiger partial charge on any atom is -0.386 e. The molecule has 146 valence electrons. The van der Waals surface area contributed by atoms with Crippen molar-refractivity contribution < 1.29 is 23.1 Å². The molecule has 1 heterocycles. The Bertz CT molecular complexity index is 724. The number of aromatic nitrogens is 1. The first-order valence-electron chi connectivity index (χ1n) is 8.54. The van der Waals surface area contributed by atoms with Crippen LogP contribution in [0.5, 0.6) is 0 Å². The Morgan fingerprint density at radius 2 is 1.81 bits per heavy atom. The summed E-state index contributed by atoms with van der Waals surface area (Å²) in [6.07, 6.45) is -2.98. The van der Waals surface area contributed by atoms with E-state index in [4.69, 9.17) is 0 Å². The van der Waals surface area contributed by atoms with Crippen LogP contribution in [0, 0.1) is 0 Å². The predicted octanol–water partition coefficient (Wildman–Crippen LogP) is 2.61. The second kappa shape index (κ2) is 10.0. The van der Waals surface area contributed by atoms with Gasteiger partial charge in [0.15, 0.2) is 0 Å². The van der Waals surface area contributed by atoms with E-state index in [1.807, 2.05) is 19.1 Å². The van der Waals surface area contributed by atoms with Crippen LogP contribution in [0.3, 0.4) is 0 Å². The molecule has 0 saturated carbocycles. The van der Waals surface area contributed by atoms with Crippen LogP contribution in [0.15, 0.2) is 42.6 Å². The highest BCUT2D eigenvalue weighted by molar-refractivity contribution is 5.79. The number of hydrogen-bond acceptors (Lipinski definition) is 4. The van der Waals surface area contributed by atoms with E-state index in [-0.39, 0.29) is 0 Å². The Kier molecular flexibility index (Phi) is 7.75. The van der Waals surface area contributed by atoms with Crippen molar-refractivity contribution in [3.63, 3.8) is 0 Å². The molecule has 0 unspecified atom stereocenters. The van der Waals surface area contributed by atoms with Crippen LogP contribution in [0.4, 0.5) is 13.2 Å². The summed E-state index contributed by atoms with van der Waals surface area (Å²) in [6, 6.07) is 8.92. The van der Waals surface area contributed by atoms with Gasteiger partial charge in [0.2, 0.25) is 0 Å². The molecular formula is C19H22F3N3O2. The number of nitrogens with one attached hydrogen (secondary N) is 2. The molecule has 5 nitrogen and oxygen atoms in total. The van der Waals surface area contributed by atoms with Crippen LogP contribution in [-0.4, -0.2) is 41.7 Å². The molecule has 3 N–H and O–H groups in total. The second-order valence-electron chi connectivity index (χ2n) is 5.96. The average molecular weight is 381 g/mol. The number of benzene rings is 1. The monoisotopic (exact) mass is 381 g/mol. The number of alkyl halides is 3. The van der Waals surface area contributed by atoms with Crippen molar-refractivity contribution in [1.29, 1.82) is 0 Å². The van der Waals surface area contributed by atoms with Gasteiger partial charge >= 0.3 is 6.43 Å². The summed E-state index contributed by atoms with van der Waals surface area (Å²) in [5, 5.41) is 15.2. The molecule has 2 aromatic rings. The van der Waals surface area contributed by atoms with Crippen molar-refractivity contribution >= 4 is 5.91 Å². The first kappa shape index (κ1) is 20.9. The van der Waals surface area contributed by atoms with Crippen molar-refractivity contribution in [3.05, 3.63) is 53.9 Å². The zero-order valence-corrected chi connectivity index (χ0v) is 14.8. The van der Waals surface area contributed by atoms with Crippen LogP contribution in [0.2, 0.25) is 0 Å². The maximum Gasteiger partial charge on any atom is 0.315 e. The number of aliphatic hydroxyl groups is 1. The molecule has 1 aromatic heterocycles. The SMILES string of the molecule is CCNCc1ccc(-c2ccc([C@@H](O)[C@H](CF)NC(=O)C(F)F)cc2)cn1. The average Bonchev–Trinajstić information content (AvgIpc) is 2.70. The highest BCUT2D eigenvalue weighted by Gasteiger charge is 2.26. The first-order chi connectivity index (χ1) is 13.0. The molecule has 0 aliphatic carbocycles. The number of pyridine rings is 1. The normalized spacial score (nSPS) is 13.4. The lowest BCUT2D eigenvalue weighted by Gasteiger charge is -2.22. The highest BCUT2D eigenvalue weighted by Crippen LogP contribution is 2.23. The number of rotatable bonds is 9. The predicted molar refractivity (Wildman–Crippen MR) is 95.9 cm³/mol. The quantitative estimate of drug-likeness (QED) is 0.624. The maximum atomic E-state index is 13.1. The molecule has 2 atom stereocenters. The third-order valence-electron chi connectivity index (χ3n) is 4.04. The summed E-state index contributed by atoms with van der Waals surface area (Å²) in [5.41, 5.74) is 2.92. The largest absolute Gasteiger partial charge is 0.386 e. The Labute approximate surface area is 155 Å². The number of carbonyl (C=O) groups excluding carboxylic acids is 1. The molecule has 0 saturated heterocycles. The number of aliphatic hydroxyl groups excluding tert-OH is 1. The standard InChI is InChI=1S/C19H22F3N3O2/c1-2-23-11-15-8-7-14(10-24-15)12-3-5-13(6-4-12)17(26)16(9-20)25-19(27)18(21)22/h3-8,10,16-18,23,26H,2,9,11H2,1H3,(H,25,27)/t16-,17+/m0/s1. The van der Waals surface area contributed by atoms with E-state index < -0.39 is 31.2 Å². The Hall–Kier alpha value is -2.45. The molecule has 0 aliphatic rings. The van der Waals surface area contributed by atoms with Crippen LogP contribution in [0.1, 0.15) is 24.3 Å². The summed E-state index contributed by atoms with van der Waals surface area (Å²) in [5.74, 6) is -1.61. The summed E-state index contributed by atoms with van der Waals surface area (Å²) in [6.45, 7) is 2.37. The lowest BCUT2D eigenvalue weighted by atomic mass is 9.99.